The Hall–Kier alpha value is -16.2. The maximum Gasteiger partial charge on any atom is 0.159 e. The van der Waals surface area contributed by atoms with E-state index in [2.05, 4.69) is 372 Å². The van der Waals surface area contributed by atoms with E-state index >= 15 is 0 Å². The molecule has 0 N–H and O–H groups in total. The van der Waals surface area contributed by atoms with Gasteiger partial charge >= 0.3 is 0 Å². The molecule has 0 spiro atoms. The van der Waals surface area contributed by atoms with Gasteiger partial charge in [0.1, 0.15) is 5.58 Å². The van der Waals surface area contributed by atoms with Gasteiger partial charge in [-0.1, -0.05) is 285 Å². The molecule has 0 aliphatic rings. The Morgan fingerprint density at radius 1 is 0.214 bits per heavy atom. The van der Waals surface area contributed by atoms with Crippen molar-refractivity contribution in [1.29, 1.82) is 0 Å². The quantitative estimate of drug-likeness (QED) is 0.156. The van der Waals surface area contributed by atoms with E-state index in [-0.39, 0.29) is 0 Å². The summed E-state index contributed by atoms with van der Waals surface area (Å²) >= 11 is 3.77. The zero-order valence-electron chi connectivity index (χ0n) is 67.5. The summed E-state index contributed by atoms with van der Waals surface area (Å²) in [5, 5.41) is 34.2. The Morgan fingerprint density at radius 2 is 0.587 bits per heavy atom. The van der Waals surface area contributed by atoms with Gasteiger partial charge < -0.3 is 18.1 Å². The number of aromatic nitrogens is 6. The number of pyridine rings is 3. The van der Waals surface area contributed by atoms with Gasteiger partial charge in [-0.3, -0.25) is 15.0 Å². The fourth-order valence-corrected chi connectivity index (χ4v) is 24.1. The third-order valence-corrected chi connectivity index (χ3v) is 29.4. The largest absolute Gasteiger partial charge is 0.454 e. The van der Waals surface area contributed by atoms with Crippen molar-refractivity contribution < 1.29 is 4.42 Å². The van der Waals surface area contributed by atoms with Gasteiger partial charge in [0.05, 0.1) is 65.7 Å². The van der Waals surface area contributed by atoms with Gasteiger partial charge in [-0.2, -0.15) is 0 Å². The van der Waals surface area contributed by atoms with Crippen LogP contribution in [0, 0.1) is 0 Å². The molecule has 582 valence electrons. The number of benzene rings is 21. The summed E-state index contributed by atoms with van der Waals surface area (Å²) in [6, 6.07) is 139. The average molecular weight is 1640 g/mol. The maximum atomic E-state index is 6.52. The van der Waals surface area contributed by atoms with E-state index in [0.717, 1.165) is 71.9 Å². The Bertz CT molecular complexity index is 9440. The summed E-state index contributed by atoms with van der Waals surface area (Å²) < 4.78 is 19.0. The van der Waals surface area contributed by atoms with Crippen LogP contribution in [-0.2, 0) is 0 Å². The fourth-order valence-electron chi connectivity index (χ4n) is 21.7. The molecule has 0 fully saturated rings. The van der Waals surface area contributed by atoms with Crippen LogP contribution in [-0.4, -0.2) is 28.7 Å². The van der Waals surface area contributed by atoms with E-state index < -0.39 is 0 Å². The SMILES string of the molecule is c1ccc(-c2ccc3ccc4c5c(ccc2c35)cc2c4c3ncccc3n2-c2cccc3c2oc2ccccc23)cc1.c1ccc(-c2ccc3ccc4c5c(ccc2c35)cc2c4c3ncccc3n2-c2cccc3c2sc2ccccc23)cc1.c1ccc(-n2c3cccnc3c3c4ccc5ccc(-c6cccc7c6sc6ccccc67)c6ccc(cc32)c4c56)cc1. The number of thiophene rings is 2. The number of fused-ring (bicyclic) bond motifs is 21. The zero-order chi connectivity index (χ0) is 82.1. The van der Waals surface area contributed by atoms with Crippen LogP contribution in [0.4, 0.5) is 0 Å². The van der Waals surface area contributed by atoms with Crippen LogP contribution in [0.2, 0.25) is 0 Å². The standard InChI is InChI=1S/C39H22N2O.2C39H22N2S/c1-2-8-23(9-3-1)26-18-15-24-16-20-30-36-25(17-19-28(26)35(24)36)22-33-37(30)38-31(13-7-21-40-38)41(33)32-12-6-11-29-27-10-4-5-14-34(27)42-39(29)32;1-2-8-25(9-3-1)41-32-13-7-21-40-38(32)37-31-20-16-23-15-18-26(28-19-17-24(22-33(37)41)36(31)35(23)28)29-11-6-12-30-27-10-4-5-14-34(27)42-39(29)30;1-2-8-23(9-3-1)26-18-15-24-16-20-30-36-25(17-19-28(26)35(24)36)22-33-37(30)38-31(13-7-21-40-38)41(33)32-12-6-11-29-27-10-4-5-14-34(27)42-39(29)32/h3*1-22H. The van der Waals surface area contributed by atoms with Crippen molar-refractivity contribution in [3.8, 4) is 50.4 Å². The van der Waals surface area contributed by atoms with E-state index in [9.17, 15) is 0 Å². The predicted octanol–water partition coefficient (Wildman–Crippen LogP) is 32.9. The Morgan fingerprint density at radius 3 is 1.12 bits per heavy atom. The number of furan rings is 1. The lowest BCUT2D eigenvalue weighted by Crippen LogP contribution is -1.95. The average Bonchev–Trinajstić information content (AvgIpc) is 1.35. The molecular formula is C117H66N6OS2. The van der Waals surface area contributed by atoms with Gasteiger partial charge in [-0.15, -0.1) is 22.7 Å². The molecule has 0 saturated carbocycles. The Labute approximate surface area is 726 Å². The molecule has 21 aromatic carbocycles. The third-order valence-electron chi connectivity index (χ3n) is 26.9. The molecule has 0 saturated heterocycles. The molecule has 0 unspecified atom stereocenters. The first-order valence-corrected chi connectivity index (χ1v) is 44.6. The topological polar surface area (TPSA) is 66.6 Å². The number of hydrogen-bond donors (Lipinski definition) is 0. The molecule has 30 rings (SSSR count). The summed E-state index contributed by atoms with van der Waals surface area (Å²) in [6.07, 6.45) is 5.75. The molecule has 7 nitrogen and oxygen atoms in total. The molecule has 0 aliphatic carbocycles. The molecule has 0 amide bonds. The Balaban J connectivity index is 0.0000000961. The lowest BCUT2D eigenvalue weighted by atomic mass is 9.88. The third kappa shape index (κ3) is 9.89. The van der Waals surface area contributed by atoms with E-state index in [1.165, 1.54) is 204 Å². The summed E-state index contributed by atoms with van der Waals surface area (Å²) in [7, 11) is 0. The molecule has 9 aromatic heterocycles. The van der Waals surface area contributed by atoms with Crippen LogP contribution in [0.5, 0.6) is 0 Å². The molecule has 0 atom stereocenters. The summed E-state index contributed by atoms with van der Waals surface area (Å²) in [5.74, 6) is 0. The van der Waals surface area contributed by atoms with Crippen LogP contribution in [0.25, 0.3) is 275 Å². The van der Waals surface area contributed by atoms with Gasteiger partial charge in [0.25, 0.3) is 0 Å². The molecule has 30 aromatic rings. The summed E-state index contributed by atoms with van der Waals surface area (Å²) in [6.45, 7) is 0. The number of nitrogens with zero attached hydrogens (tertiary/aromatic N) is 6. The minimum absolute atomic E-state index is 0.888. The van der Waals surface area contributed by atoms with E-state index in [4.69, 9.17) is 19.4 Å². The van der Waals surface area contributed by atoms with Crippen LogP contribution < -0.4 is 0 Å². The van der Waals surface area contributed by atoms with Crippen molar-refractivity contribution in [2.24, 2.45) is 0 Å². The Kier molecular flexibility index (Phi) is 14.7. The van der Waals surface area contributed by atoms with Crippen molar-refractivity contribution in [3.63, 3.8) is 0 Å². The molecule has 0 radical (unpaired) electrons. The van der Waals surface area contributed by atoms with Gasteiger partial charge in [-0.25, -0.2) is 0 Å². The van der Waals surface area contributed by atoms with E-state index in [0.29, 0.717) is 0 Å². The van der Waals surface area contributed by atoms with Crippen molar-refractivity contribution >= 4 is 248 Å². The first kappa shape index (κ1) is 69.5. The van der Waals surface area contributed by atoms with Crippen molar-refractivity contribution in [1.82, 2.24) is 28.7 Å². The first-order chi connectivity index (χ1) is 62.5. The molecule has 9 heterocycles. The monoisotopic (exact) mass is 1630 g/mol. The van der Waals surface area contributed by atoms with Gasteiger partial charge in [0.2, 0.25) is 0 Å². The van der Waals surface area contributed by atoms with Crippen LogP contribution in [0.15, 0.2) is 405 Å². The van der Waals surface area contributed by atoms with Gasteiger partial charge in [0.15, 0.2) is 5.58 Å². The molecule has 126 heavy (non-hydrogen) atoms. The van der Waals surface area contributed by atoms with Gasteiger partial charge in [0, 0.05) is 92.4 Å². The second-order valence-electron chi connectivity index (χ2n) is 33.4. The smallest absolute Gasteiger partial charge is 0.159 e. The summed E-state index contributed by atoms with van der Waals surface area (Å²) in [4.78, 5) is 14.9. The highest BCUT2D eigenvalue weighted by Crippen LogP contribution is 2.52. The molecular weight excluding hydrogens is 1570 g/mol. The first-order valence-electron chi connectivity index (χ1n) is 42.9. The predicted molar refractivity (Wildman–Crippen MR) is 536 cm³/mol. The molecule has 0 bridgehead atoms. The minimum Gasteiger partial charge on any atom is -0.454 e. The fraction of sp³-hybridized carbons (Fsp3) is 0. The molecule has 0 aliphatic heterocycles. The number of hydrogen-bond acceptors (Lipinski definition) is 6. The van der Waals surface area contributed by atoms with E-state index in [1.807, 2.05) is 65.5 Å². The second-order valence-corrected chi connectivity index (χ2v) is 35.5. The second kappa shape index (κ2) is 26.7. The normalized spacial score (nSPS) is 12.3. The highest BCUT2D eigenvalue weighted by Gasteiger charge is 2.28. The van der Waals surface area contributed by atoms with Crippen molar-refractivity contribution in [2.45, 2.75) is 0 Å². The highest BCUT2D eigenvalue weighted by molar-refractivity contribution is 7.26. The van der Waals surface area contributed by atoms with Crippen molar-refractivity contribution in [2.75, 3.05) is 0 Å². The van der Waals surface area contributed by atoms with Crippen molar-refractivity contribution in [3.05, 3.63) is 401 Å². The van der Waals surface area contributed by atoms with E-state index in [1.54, 1.807) is 0 Å². The van der Waals surface area contributed by atoms with Crippen LogP contribution in [0.1, 0.15) is 0 Å². The maximum absolute atomic E-state index is 6.52. The van der Waals surface area contributed by atoms with Crippen LogP contribution >= 0.6 is 22.7 Å². The minimum atomic E-state index is 0.888. The van der Waals surface area contributed by atoms with Crippen LogP contribution in [0.3, 0.4) is 0 Å². The summed E-state index contributed by atoms with van der Waals surface area (Å²) in [5.41, 5.74) is 22.7. The highest BCUT2D eigenvalue weighted by atomic mass is 32.1. The lowest BCUT2D eigenvalue weighted by Gasteiger charge is -2.16. The molecule has 9 heteroatoms. The number of para-hydroxylation sites is 3. The number of rotatable bonds is 6. The van der Waals surface area contributed by atoms with Gasteiger partial charge in [-0.05, 0) is 222 Å². The lowest BCUT2D eigenvalue weighted by molar-refractivity contribution is 0.666. The zero-order valence-corrected chi connectivity index (χ0v) is 69.1.